The minimum absolute atomic E-state index is 0.0432. The Kier molecular flexibility index (Phi) is 4.61. The predicted octanol–water partition coefficient (Wildman–Crippen LogP) is 2.67. The van der Waals surface area contributed by atoms with Crippen LogP contribution in [0.3, 0.4) is 0 Å². The zero-order valence-corrected chi connectivity index (χ0v) is 16.5. The van der Waals surface area contributed by atoms with E-state index in [4.69, 9.17) is 9.47 Å². The van der Waals surface area contributed by atoms with Crippen LogP contribution in [0.25, 0.3) is 11.4 Å². The lowest BCUT2D eigenvalue weighted by Crippen LogP contribution is -2.38. The topological polar surface area (TPSA) is 131 Å². The van der Waals surface area contributed by atoms with Crippen molar-refractivity contribution in [3.63, 3.8) is 0 Å². The van der Waals surface area contributed by atoms with E-state index in [1.54, 1.807) is 51.1 Å². The zero-order chi connectivity index (χ0) is 21.5. The van der Waals surface area contributed by atoms with Gasteiger partial charge < -0.3 is 14.6 Å². The Bertz CT molecular complexity index is 1120. The minimum atomic E-state index is -0.724. The molecule has 1 aromatic heterocycles. The quantitative estimate of drug-likeness (QED) is 0.632. The van der Waals surface area contributed by atoms with Gasteiger partial charge in [0.05, 0.1) is 5.69 Å². The molecule has 154 valence electrons. The van der Waals surface area contributed by atoms with Gasteiger partial charge in [-0.15, -0.1) is 10.2 Å². The van der Waals surface area contributed by atoms with Gasteiger partial charge in [0, 0.05) is 5.56 Å². The summed E-state index contributed by atoms with van der Waals surface area (Å²) in [4.78, 5) is 27.1. The van der Waals surface area contributed by atoms with Crippen LogP contribution >= 0.6 is 0 Å². The third-order valence-electron chi connectivity index (χ3n) is 4.24. The molecule has 1 aliphatic rings. The lowest BCUT2D eigenvalue weighted by atomic mass is 10.1. The summed E-state index contributed by atoms with van der Waals surface area (Å²) in [5.41, 5.74) is 0.100. The number of phenols is 1. The summed E-state index contributed by atoms with van der Waals surface area (Å²) in [6.07, 6.45) is 0. The van der Waals surface area contributed by atoms with Crippen LogP contribution in [-0.2, 0) is 9.53 Å². The van der Waals surface area contributed by atoms with Gasteiger partial charge in [-0.3, -0.25) is 14.5 Å². The number of esters is 1. The number of carbonyl (C=O) groups is 2. The normalized spacial score (nSPS) is 13.2. The Balaban J connectivity index is 1.83. The summed E-state index contributed by atoms with van der Waals surface area (Å²) in [5.74, 6) is -0.641. The van der Waals surface area contributed by atoms with Crippen LogP contribution in [0.1, 0.15) is 31.1 Å². The number of ether oxygens (including phenoxy) is 2. The number of aromatic nitrogens is 4. The number of carbonyl (C=O) groups excluding carboxylic acids is 2. The van der Waals surface area contributed by atoms with E-state index in [2.05, 4.69) is 20.6 Å². The summed E-state index contributed by atoms with van der Waals surface area (Å²) in [6.45, 7) is 4.83. The molecule has 0 atom stereocenters. The molecule has 0 spiro atoms. The molecule has 4 rings (SSSR count). The van der Waals surface area contributed by atoms with Gasteiger partial charge in [-0.1, -0.05) is 6.07 Å². The number of fused-ring (bicyclic) bond motifs is 2. The van der Waals surface area contributed by atoms with E-state index in [0.29, 0.717) is 22.8 Å². The number of aromatic amines is 1. The first-order valence-corrected chi connectivity index (χ1v) is 9.14. The number of nitrogens with zero attached hydrogens (tertiary/aromatic N) is 4. The van der Waals surface area contributed by atoms with Crippen LogP contribution in [0.5, 0.6) is 17.2 Å². The molecule has 0 unspecified atom stereocenters. The second kappa shape index (κ2) is 7.14. The van der Waals surface area contributed by atoms with E-state index in [0.717, 1.165) is 0 Å². The first-order valence-electron chi connectivity index (χ1n) is 9.14. The van der Waals surface area contributed by atoms with Crippen LogP contribution in [0.2, 0.25) is 0 Å². The lowest BCUT2D eigenvalue weighted by Gasteiger charge is -2.25. The van der Waals surface area contributed by atoms with Crippen molar-refractivity contribution in [3.8, 4) is 28.6 Å². The van der Waals surface area contributed by atoms with Gasteiger partial charge in [0.25, 0.3) is 5.91 Å². The number of rotatable bonds is 3. The molecule has 1 aliphatic heterocycles. The van der Waals surface area contributed by atoms with Crippen LogP contribution < -0.4 is 9.64 Å². The molecule has 0 saturated heterocycles. The Hall–Kier alpha value is -3.95. The van der Waals surface area contributed by atoms with E-state index in [1.165, 1.54) is 11.0 Å². The van der Waals surface area contributed by atoms with Crippen LogP contribution in [0, 0.1) is 0 Å². The number of benzene rings is 2. The highest BCUT2D eigenvalue weighted by molar-refractivity contribution is 6.13. The monoisotopic (exact) mass is 409 g/mol. The van der Waals surface area contributed by atoms with E-state index >= 15 is 0 Å². The van der Waals surface area contributed by atoms with Crippen LogP contribution in [0.4, 0.5) is 5.69 Å². The fraction of sp³-hybridized carbons (Fsp3) is 0.250. The number of nitrogens with one attached hydrogen (secondary N) is 1. The highest BCUT2D eigenvalue weighted by Crippen LogP contribution is 2.43. The highest BCUT2D eigenvalue weighted by Gasteiger charge is 2.33. The van der Waals surface area contributed by atoms with Crippen molar-refractivity contribution in [2.75, 3.05) is 11.4 Å². The molecule has 1 amide bonds. The van der Waals surface area contributed by atoms with Crippen molar-refractivity contribution < 1.29 is 24.2 Å². The molecule has 10 heteroatoms. The Labute approximate surface area is 171 Å². The smallest absolute Gasteiger partial charge is 0.326 e. The maximum atomic E-state index is 13.3. The summed E-state index contributed by atoms with van der Waals surface area (Å²) in [6, 6.07) is 9.47. The van der Waals surface area contributed by atoms with Gasteiger partial charge >= 0.3 is 5.97 Å². The van der Waals surface area contributed by atoms with Gasteiger partial charge in [0.15, 0.2) is 5.75 Å². The first-order chi connectivity index (χ1) is 14.2. The largest absolute Gasteiger partial charge is 0.507 e. The highest BCUT2D eigenvalue weighted by atomic mass is 16.6. The van der Waals surface area contributed by atoms with Crippen LogP contribution in [-0.4, -0.2) is 49.8 Å². The number of amides is 1. The number of H-pyrrole nitrogens is 1. The third kappa shape index (κ3) is 3.66. The van der Waals surface area contributed by atoms with E-state index in [1.807, 2.05) is 0 Å². The van der Waals surface area contributed by atoms with E-state index in [9.17, 15) is 14.7 Å². The molecule has 2 aromatic carbocycles. The van der Waals surface area contributed by atoms with Crippen molar-refractivity contribution in [1.29, 1.82) is 0 Å². The van der Waals surface area contributed by atoms with Crippen molar-refractivity contribution in [2.24, 2.45) is 0 Å². The number of anilines is 1. The van der Waals surface area contributed by atoms with E-state index < -0.39 is 17.5 Å². The van der Waals surface area contributed by atoms with Gasteiger partial charge in [-0.25, -0.2) is 0 Å². The molecule has 0 saturated carbocycles. The first kappa shape index (κ1) is 19.4. The molecular weight excluding hydrogens is 390 g/mol. The number of phenolic OH excluding ortho intramolecular Hbond substituents is 1. The minimum Gasteiger partial charge on any atom is -0.507 e. The number of hydrogen-bond donors (Lipinski definition) is 2. The molecule has 0 fully saturated rings. The molecule has 0 radical (unpaired) electrons. The van der Waals surface area contributed by atoms with Gasteiger partial charge in [0.2, 0.25) is 5.82 Å². The van der Waals surface area contributed by atoms with Gasteiger partial charge in [-0.2, -0.15) is 5.21 Å². The number of aromatic hydroxyl groups is 1. The molecule has 2 N–H and O–H groups in total. The molecule has 10 nitrogen and oxygen atoms in total. The standard InChI is InChI=1S/C20H19N5O5/c1-20(2,3)30-16(27)10-25-12-9-11(18-21-23-24-22-18)7-8-14(12)29-15-6-4-5-13(26)17(15)19(25)28/h4-9,26H,10H2,1-3H3,(H,21,22,23,24). The fourth-order valence-corrected chi connectivity index (χ4v) is 3.08. The molecule has 30 heavy (non-hydrogen) atoms. The van der Waals surface area contributed by atoms with Gasteiger partial charge in [-0.05, 0) is 56.3 Å². The molecule has 2 heterocycles. The Morgan fingerprint density at radius 2 is 2.03 bits per heavy atom. The Morgan fingerprint density at radius 3 is 2.73 bits per heavy atom. The molecule has 0 aliphatic carbocycles. The van der Waals surface area contributed by atoms with Crippen molar-refractivity contribution in [2.45, 2.75) is 26.4 Å². The summed E-state index contributed by atoms with van der Waals surface area (Å²) < 4.78 is 11.3. The second-order valence-corrected chi connectivity index (χ2v) is 7.65. The summed E-state index contributed by atoms with van der Waals surface area (Å²) >= 11 is 0. The predicted molar refractivity (Wildman–Crippen MR) is 105 cm³/mol. The maximum absolute atomic E-state index is 13.3. The van der Waals surface area contributed by atoms with Crippen molar-refractivity contribution in [1.82, 2.24) is 20.6 Å². The Morgan fingerprint density at radius 1 is 1.23 bits per heavy atom. The molecule has 3 aromatic rings. The second-order valence-electron chi connectivity index (χ2n) is 7.65. The van der Waals surface area contributed by atoms with Gasteiger partial charge in [0.1, 0.15) is 29.2 Å². The summed E-state index contributed by atoms with van der Waals surface area (Å²) in [5, 5.41) is 24.1. The lowest BCUT2D eigenvalue weighted by molar-refractivity contribution is -0.152. The fourth-order valence-electron chi connectivity index (χ4n) is 3.08. The number of tetrazole rings is 1. The average Bonchev–Trinajstić information content (AvgIpc) is 3.16. The molecule has 0 bridgehead atoms. The zero-order valence-electron chi connectivity index (χ0n) is 16.5. The molecular formula is C20H19N5O5. The van der Waals surface area contributed by atoms with E-state index in [-0.39, 0.29) is 23.6 Å². The van der Waals surface area contributed by atoms with Crippen molar-refractivity contribution in [3.05, 3.63) is 42.0 Å². The maximum Gasteiger partial charge on any atom is 0.326 e. The van der Waals surface area contributed by atoms with Crippen molar-refractivity contribution >= 4 is 17.6 Å². The summed E-state index contributed by atoms with van der Waals surface area (Å²) in [7, 11) is 0. The van der Waals surface area contributed by atoms with Crippen LogP contribution in [0.15, 0.2) is 36.4 Å². The third-order valence-corrected chi connectivity index (χ3v) is 4.24. The number of hydrogen-bond acceptors (Lipinski definition) is 8. The average molecular weight is 409 g/mol. The SMILES string of the molecule is CC(C)(C)OC(=O)CN1C(=O)c2c(O)cccc2Oc2ccc(-c3nn[nH]n3)cc21.